The Kier molecular flexibility index (Phi) is 6.40. The van der Waals surface area contributed by atoms with Crippen molar-refractivity contribution in [2.45, 2.75) is 31.7 Å². The van der Waals surface area contributed by atoms with Gasteiger partial charge in [-0.2, -0.15) is 10.4 Å². The second-order valence-electron chi connectivity index (χ2n) is 10.2. The van der Waals surface area contributed by atoms with Gasteiger partial charge in [0.15, 0.2) is 0 Å². The number of nitrogens with one attached hydrogen (secondary N) is 2. The van der Waals surface area contributed by atoms with Crippen molar-refractivity contribution in [1.29, 1.82) is 5.26 Å². The van der Waals surface area contributed by atoms with E-state index in [0.717, 1.165) is 5.52 Å². The summed E-state index contributed by atoms with van der Waals surface area (Å²) in [5.41, 5.74) is 1.51. The molecule has 1 aliphatic carbocycles. The molecule has 198 valence electrons. The van der Waals surface area contributed by atoms with Crippen LogP contribution in [0, 0.1) is 23.2 Å². The van der Waals surface area contributed by atoms with E-state index in [-0.39, 0.29) is 36.1 Å². The zero-order valence-electron chi connectivity index (χ0n) is 21.2. The number of likely N-dealkylation sites (tertiary alicyclic amines) is 1. The highest BCUT2D eigenvalue weighted by molar-refractivity contribution is 6.00. The monoisotopic (exact) mass is 521 g/mol. The fourth-order valence-corrected chi connectivity index (χ4v) is 4.88. The average Bonchev–Trinajstić information content (AvgIpc) is 3.24. The van der Waals surface area contributed by atoms with Crippen LogP contribution >= 0.6 is 0 Å². The Morgan fingerprint density at radius 2 is 2.03 bits per heavy atom. The number of aliphatic hydroxyl groups is 1. The quantitative estimate of drug-likeness (QED) is 0.429. The lowest BCUT2D eigenvalue weighted by Gasteiger charge is -2.23. The Hall–Kier alpha value is -4.24. The van der Waals surface area contributed by atoms with E-state index < -0.39 is 17.7 Å². The van der Waals surface area contributed by atoms with E-state index in [1.807, 2.05) is 12.1 Å². The fraction of sp³-hybridized carbons (Fsp3) is 0.423. The first-order valence-corrected chi connectivity index (χ1v) is 12.2. The lowest BCUT2D eigenvalue weighted by Crippen LogP contribution is -2.42. The molecule has 12 heteroatoms. The predicted octanol–water partition coefficient (Wildman–Crippen LogP) is 2.22. The number of piperidine rings is 1. The molecule has 0 spiro atoms. The molecule has 3 aromatic heterocycles. The number of ether oxygens (including phenoxy) is 1. The van der Waals surface area contributed by atoms with E-state index in [4.69, 9.17) is 10.00 Å². The molecular formula is C26H28FN7O4. The van der Waals surface area contributed by atoms with E-state index >= 15 is 0 Å². The number of rotatable bonds is 7. The minimum absolute atomic E-state index is 0.0448. The zero-order valence-corrected chi connectivity index (χ0v) is 21.2. The summed E-state index contributed by atoms with van der Waals surface area (Å²) in [5, 5.41) is 29.3. The number of anilines is 1. The van der Waals surface area contributed by atoms with Gasteiger partial charge in [0.1, 0.15) is 12.2 Å². The Bertz CT molecular complexity index is 1430. The van der Waals surface area contributed by atoms with Gasteiger partial charge < -0.3 is 25.4 Å². The van der Waals surface area contributed by atoms with Gasteiger partial charge >= 0.3 is 6.09 Å². The number of hydrogen-bond donors (Lipinski definition) is 3. The third-order valence-electron chi connectivity index (χ3n) is 7.20. The van der Waals surface area contributed by atoms with Crippen LogP contribution < -0.4 is 10.6 Å². The highest BCUT2D eigenvalue weighted by Crippen LogP contribution is 2.47. The molecule has 3 aromatic rings. The van der Waals surface area contributed by atoms with Crippen LogP contribution in [-0.4, -0.2) is 81.2 Å². The first kappa shape index (κ1) is 25.4. The number of halogens is 1. The van der Waals surface area contributed by atoms with Gasteiger partial charge in [-0.15, -0.1) is 0 Å². The van der Waals surface area contributed by atoms with Gasteiger partial charge in [-0.05, 0) is 38.1 Å². The van der Waals surface area contributed by atoms with E-state index in [1.54, 1.807) is 21.5 Å². The molecule has 1 saturated carbocycles. The summed E-state index contributed by atoms with van der Waals surface area (Å²) in [6.45, 7) is 3.43. The number of fused-ring (bicyclic) bond motifs is 2. The van der Waals surface area contributed by atoms with Crippen molar-refractivity contribution in [2.24, 2.45) is 11.8 Å². The molecule has 2 aliphatic rings. The van der Waals surface area contributed by atoms with Gasteiger partial charge in [-0.25, -0.2) is 13.7 Å². The van der Waals surface area contributed by atoms with Crippen molar-refractivity contribution in [3.63, 3.8) is 0 Å². The summed E-state index contributed by atoms with van der Waals surface area (Å²) in [6, 6.07) is 9.22. The Morgan fingerprint density at radius 3 is 2.68 bits per heavy atom. The number of alkyl halides is 1. The minimum Gasteiger partial charge on any atom is -0.453 e. The number of amides is 2. The van der Waals surface area contributed by atoms with Crippen molar-refractivity contribution < 1.29 is 23.8 Å². The Balaban J connectivity index is 1.42. The molecule has 0 bridgehead atoms. The van der Waals surface area contributed by atoms with Crippen LogP contribution in [0.4, 0.5) is 14.9 Å². The third-order valence-corrected chi connectivity index (χ3v) is 7.20. The number of methoxy groups -OCH3 is 1. The number of hydrogen-bond acceptors (Lipinski definition) is 8. The first-order chi connectivity index (χ1) is 18.1. The Morgan fingerprint density at radius 1 is 1.29 bits per heavy atom. The number of carbonyl (C=O) groups is 2. The topological polar surface area (TPSA) is 145 Å². The molecular weight excluding hydrogens is 493 g/mol. The number of pyridine rings is 1. The molecule has 0 aromatic carbocycles. The van der Waals surface area contributed by atoms with E-state index in [9.17, 15) is 19.1 Å². The molecule has 3 N–H and O–H groups in total. The van der Waals surface area contributed by atoms with Crippen molar-refractivity contribution >= 4 is 23.2 Å². The molecule has 0 unspecified atom stereocenters. The van der Waals surface area contributed by atoms with Crippen molar-refractivity contribution in [2.75, 3.05) is 32.1 Å². The normalized spacial score (nSPS) is 20.9. The van der Waals surface area contributed by atoms with Crippen LogP contribution in [0.3, 0.4) is 0 Å². The molecule has 4 atom stereocenters. The van der Waals surface area contributed by atoms with Crippen LogP contribution in [0.15, 0.2) is 36.7 Å². The lowest BCUT2D eigenvalue weighted by molar-refractivity contribution is -0.00177. The highest BCUT2D eigenvalue weighted by Gasteiger charge is 2.57. The maximum Gasteiger partial charge on any atom is 0.409 e. The van der Waals surface area contributed by atoms with E-state index in [0.29, 0.717) is 35.7 Å². The van der Waals surface area contributed by atoms with Crippen LogP contribution in [-0.2, 0) is 4.74 Å². The summed E-state index contributed by atoms with van der Waals surface area (Å²) in [6.07, 6.45) is 0.874. The maximum atomic E-state index is 14.3. The summed E-state index contributed by atoms with van der Waals surface area (Å²) < 4.78 is 20.7. The highest BCUT2D eigenvalue weighted by atomic mass is 19.1. The molecule has 1 saturated heterocycles. The molecule has 5 rings (SSSR count). The molecule has 1 aliphatic heterocycles. The van der Waals surface area contributed by atoms with Crippen LogP contribution in [0.25, 0.3) is 16.9 Å². The summed E-state index contributed by atoms with van der Waals surface area (Å²) in [4.78, 5) is 31.0. The Labute approximate surface area is 218 Å². The number of aromatic nitrogens is 3. The van der Waals surface area contributed by atoms with Gasteiger partial charge in [-0.3, -0.25) is 9.78 Å². The van der Waals surface area contributed by atoms with Gasteiger partial charge in [0.05, 0.1) is 59.2 Å². The fourth-order valence-electron chi connectivity index (χ4n) is 4.88. The van der Waals surface area contributed by atoms with Gasteiger partial charge in [0.2, 0.25) is 0 Å². The predicted molar refractivity (Wildman–Crippen MR) is 135 cm³/mol. The standard InChI is InChI=1S/C26H28FN7O4/c1-26(2,37)22(27)11-30-24(35)16-10-29-20(21-5-4-15-6-14(8-28)9-31-34(15)21)7-19(16)32-23-17-12-33(13-18(17)23)25(36)38-3/h4-7,9-10,17-18,22-23,37H,11-13H2,1-3H3,(H,29,32)(H,30,35)/t17-,18+,22-,23+/m1/s1. The van der Waals surface area contributed by atoms with Crippen LogP contribution in [0.1, 0.15) is 29.8 Å². The van der Waals surface area contributed by atoms with Crippen molar-refractivity contribution in [3.8, 4) is 17.5 Å². The molecule has 2 amide bonds. The number of carbonyl (C=O) groups excluding carboxylic acids is 2. The van der Waals surface area contributed by atoms with Crippen LogP contribution in [0.5, 0.6) is 0 Å². The van der Waals surface area contributed by atoms with Crippen molar-refractivity contribution in [1.82, 2.24) is 24.8 Å². The average molecular weight is 522 g/mol. The van der Waals surface area contributed by atoms with E-state index in [1.165, 1.54) is 33.4 Å². The summed E-state index contributed by atoms with van der Waals surface area (Å²) in [5.74, 6) is -0.100. The smallest absolute Gasteiger partial charge is 0.409 e. The largest absolute Gasteiger partial charge is 0.453 e. The second kappa shape index (κ2) is 9.57. The third kappa shape index (κ3) is 4.72. The molecule has 11 nitrogen and oxygen atoms in total. The number of nitriles is 1. The second-order valence-corrected chi connectivity index (χ2v) is 10.2. The summed E-state index contributed by atoms with van der Waals surface area (Å²) in [7, 11) is 1.35. The van der Waals surface area contributed by atoms with Gasteiger partial charge in [-0.1, -0.05) is 0 Å². The first-order valence-electron chi connectivity index (χ1n) is 12.2. The molecule has 2 fully saturated rings. The maximum absolute atomic E-state index is 14.3. The molecule has 4 heterocycles. The SMILES string of the molecule is COC(=O)N1C[C@@H]2[C@H](C1)[C@H]2Nc1cc(-c2ccc3cc(C#N)cnn23)ncc1C(=O)NC[C@@H](F)C(C)(C)O. The summed E-state index contributed by atoms with van der Waals surface area (Å²) >= 11 is 0. The lowest BCUT2D eigenvalue weighted by atomic mass is 10.0. The zero-order chi connectivity index (χ0) is 27.2. The molecule has 38 heavy (non-hydrogen) atoms. The van der Waals surface area contributed by atoms with Gasteiger partial charge in [0, 0.05) is 37.2 Å². The number of nitrogens with zero attached hydrogens (tertiary/aromatic N) is 5. The van der Waals surface area contributed by atoms with E-state index in [2.05, 4.69) is 26.8 Å². The van der Waals surface area contributed by atoms with Gasteiger partial charge in [0.25, 0.3) is 5.91 Å². The minimum atomic E-state index is -1.65. The molecule has 0 radical (unpaired) electrons. The van der Waals surface area contributed by atoms with Crippen molar-refractivity contribution in [3.05, 3.63) is 47.8 Å². The van der Waals surface area contributed by atoms with Crippen LogP contribution in [0.2, 0.25) is 0 Å².